The SMILES string of the molecule is Clc1ccc2oc3cccc(-c4ccc5ccc6ccccc6c5c4)c3c2c1. The van der Waals surface area contributed by atoms with Gasteiger partial charge in [0.25, 0.3) is 0 Å². The molecule has 0 atom stereocenters. The summed E-state index contributed by atoms with van der Waals surface area (Å²) < 4.78 is 6.07. The number of rotatable bonds is 1. The average Bonchev–Trinajstić information content (AvgIpc) is 3.11. The van der Waals surface area contributed by atoms with E-state index in [2.05, 4.69) is 66.7 Å². The van der Waals surface area contributed by atoms with Crippen molar-refractivity contribution in [1.29, 1.82) is 0 Å². The topological polar surface area (TPSA) is 13.1 Å². The number of hydrogen-bond donors (Lipinski definition) is 0. The fourth-order valence-corrected chi connectivity index (χ4v) is 4.38. The molecule has 0 saturated carbocycles. The first-order chi connectivity index (χ1) is 13.8. The molecule has 0 fully saturated rings. The summed E-state index contributed by atoms with van der Waals surface area (Å²) in [4.78, 5) is 0. The van der Waals surface area contributed by atoms with E-state index in [1.54, 1.807) is 0 Å². The van der Waals surface area contributed by atoms with Crippen LogP contribution in [0.15, 0.2) is 95.4 Å². The molecule has 28 heavy (non-hydrogen) atoms. The molecule has 6 rings (SSSR count). The van der Waals surface area contributed by atoms with Crippen LogP contribution in [0.4, 0.5) is 0 Å². The van der Waals surface area contributed by atoms with Crippen molar-refractivity contribution in [3.8, 4) is 11.1 Å². The summed E-state index contributed by atoms with van der Waals surface area (Å²) in [5.74, 6) is 0. The Bertz CT molecular complexity index is 1520. The van der Waals surface area contributed by atoms with Crippen molar-refractivity contribution in [3.63, 3.8) is 0 Å². The zero-order valence-electron chi connectivity index (χ0n) is 14.9. The number of furan rings is 1. The van der Waals surface area contributed by atoms with Crippen LogP contribution in [0.3, 0.4) is 0 Å². The van der Waals surface area contributed by atoms with Gasteiger partial charge in [0.2, 0.25) is 0 Å². The molecule has 1 nitrogen and oxygen atoms in total. The fourth-order valence-electron chi connectivity index (χ4n) is 4.21. The lowest BCUT2D eigenvalue weighted by Crippen LogP contribution is -1.82. The molecule has 1 aromatic heterocycles. The maximum atomic E-state index is 6.28. The smallest absolute Gasteiger partial charge is 0.136 e. The minimum Gasteiger partial charge on any atom is -0.456 e. The van der Waals surface area contributed by atoms with E-state index < -0.39 is 0 Å². The molecule has 0 unspecified atom stereocenters. The molecule has 132 valence electrons. The molecule has 6 aromatic rings. The lowest BCUT2D eigenvalue weighted by Gasteiger charge is -2.08. The molecule has 2 heteroatoms. The number of hydrogen-bond acceptors (Lipinski definition) is 1. The van der Waals surface area contributed by atoms with Crippen LogP contribution in [0, 0.1) is 0 Å². The Hall–Kier alpha value is -3.29. The molecule has 0 spiro atoms. The van der Waals surface area contributed by atoms with E-state index in [0.717, 1.165) is 32.5 Å². The van der Waals surface area contributed by atoms with Gasteiger partial charge in [-0.15, -0.1) is 0 Å². The standard InChI is InChI=1S/C26H15ClO/c27-19-12-13-24-23(15-19)26-21(6-3-7-25(26)28-24)18-11-10-17-9-8-16-4-1-2-5-20(16)22(17)14-18/h1-15H. The molecule has 0 bridgehead atoms. The minimum atomic E-state index is 0.717. The van der Waals surface area contributed by atoms with E-state index in [1.165, 1.54) is 27.1 Å². The van der Waals surface area contributed by atoms with Crippen molar-refractivity contribution in [2.24, 2.45) is 0 Å². The van der Waals surface area contributed by atoms with Crippen molar-refractivity contribution in [2.75, 3.05) is 0 Å². The first-order valence-electron chi connectivity index (χ1n) is 9.31. The fraction of sp³-hybridized carbons (Fsp3) is 0. The van der Waals surface area contributed by atoms with Crippen LogP contribution in [0.5, 0.6) is 0 Å². The Kier molecular flexibility index (Phi) is 3.29. The third kappa shape index (κ3) is 2.27. The normalized spacial score (nSPS) is 11.8. The highest BCUT2D eigenvalue weighted by Crippen LogP contribution is 2.39. The quantitative estimate of drug-likeness (QED) is 0.263. The van der Waals surface area contributed by atoms with Crippen LogP contribution in [-0.2, 0) is 0 Å². The Labute approximate surface area is 166 Å². The molecule has 0 N–H and O–H groups in total. The molecule has 0 amide bonds. The molecule has 5 aromatic carbocycles. The van der Waals surface area contributed by atoms with Crippen LogP contribution in [0.25, 0.3) is 54.6 Å². The van der Waals surface area contributed by atoms with E-state index in [9.17, 15) is 0 Å². The van der Waals surface area contributed by atoms with Crippen molar-refractivity contribution in [2.45, 2.75) is 0 Å². The summed E-state index contributed by atoms with van der Waals surface area (Å²) in [5.41, 5.74) is 4.08. The third-order valence-corrected chi connectivity index (χ3v) is 5.75. The van der Waals surface area contributed by atoms with Crippen LogP contribution < -0.4 is 0 Å². The molecule has 0 saturated heterocycles. The Balaban J connectivity index is 1.71. The van der Waals surface area contributed by atoms with E-state index >= 15 is 0 Å². The predicted octanol–water partition coefficient (Wildman–Crippen LogP) is 8.21. The Morgan fingerprint density at radius 2 is 1.39 bits per heavy atom. The maximum absolute atomic E-state index is 6.28. The number of benzene rings is 5. The van der Waals surface area contributed by atoms with Gasteiger partial charge in [-0.3, -0.25) is 0 Å². The summed E-state index contributed by atoms with van der Waals surface area (Å²) in [6, 6.07) is 31.6. The van der Waals surface area contributed by atoms with Crippen LogP contribution in [-0.4, -0.2) is 0 Å². The lowest BCUT2D eigenvalue weighted by molar-refractivity contribution is 0.669. The predicted molar refractivity (Wildman–Crippen MR) is 119 cm³/mol. The van der Waals surface area contributed by atoms with Crippen LogP contribution in [0.1, 0.15) is 0 Å². The van der Waals surface area contributed by atoms with Crippen molar-refractivity contribution < 1.29 is 4.42 Å². The average molecular weight is 379 g/mol. The van der Waals surface area contributed by atoms with Gasteiger partial charge < -0.3 is 4.42 Å². The van der Waals surface area contributed by atoms with Gasteiger partial charge >= 0.3 is 0 Å². The summed E-state index contributed by atoms with van der Waals surface area (Å²) in [6.07, 6.45) is 0. The largest absolute Gasteiger partial charge is 0.456 e. The second-order valence-corrected chi connectivity index (χ2v) is 7.58. The van der Waals surface area contributed by atoms with E-state index in [4.69, 9.17) is 16.0 Å². The summed E-state index contributed by atoms with van der Waals surface area (Å²) in [6.45, 7) is 0. The molecular formula is C26H15ClO. The maximum Gasteiger partial charge on any atom is 0.136 e. The molecule has 0 radical (unpaired) electrons. The van der Waals surface area contributed by atoms with Crippen LogP contribution >= 0.6 is 11.6 Å². The number of halogens is 1. The van der Waals surface area contributed by atoms with Gasteiger partial charge in [0.1, 0.15) is 11.2 Å². The van der Waals surface area contributed by atoms with Gasteiger partial charge in [-0.2, -0.15) is 0 Å². The van der Waals surface area contributed by atoms with Crippen molar-refractivity contribution in [3.05, 3.63) is 96.0 Å². The second-order valence-electron chi connectivity index (χ2n) is 7.14. The van der Waals surface area contributed by atoms with Gasteiger partial charge in [-0.1, -0.05) is 72.3 Å². The Morgan fingerprint density at radius 3 is 2.32 bits per heavy atom. The minimum absolute atomic E-state index is 0.717. The van der Waals surface area contributed by atoms with E-state index in [-0.39, 0.29) is 0 Å². The zero-order valence-corrected chi connectivity index (χ0v) is 15.7. The molecule has 0 aliphatic rings. The van der Waals surface area contributed by atoms with Gasteiger partial charge in [0, 0.05) is 15.8 Å². The van der Waals surface area contributed by atoms with E-state index in [0.29, 0.717) is 0 Å². The van der Waals surface area contributed by atoms with Crippen molar-refractivity contribution >= 4 is 55.1 Å². The highest BCUT2D eigenvalue weighted by atomic mass is 35.5. The van der Waals surface area contributed by atoms with Gasteiger partial charge in [-0.25, -0.2) is 0 Å². The number of fused-ring (bicyclic) bond motifs is 6. The zero-order chi connectivity index (χ0) is 18.7. The Morgan fingerprint density at radius 1 is 0.571 bits per heavy atom. The summed E-state index contributed by atoms with van der Waals surface area (Å²) in [7, 11) is 0. The molecule has 1 heterocycles. The lowest BCUT2D eigenvalue weighted by atomic mass is 9.95. The van der Waals surface area contributed by atoms with Gasteiger partial charge in [0.05, 0.1) is 0 Å². The molecule has 0 aliphatic carbocycles. The van der Waals surface area contributed by atoms with Crippen LogP contribution in [0.2, 0.25) is 5.02 Å². The third-order valence-electron chi connectivity index (χ3n) is 5.51. The first kappa shape index (κ1) is 15.7. The van der Waals surface area contributed by atoms with Gasteiger partial charge in [-0.05, 0) is 63.0 Å². The van der Waals surface area contributed by atoms with Crippen molar-refractivity contribution in [1.82, 2.24) is 0 Å². The monoisotopic (exact) mass is 378 g/mol. The summed E-state index contributed by atoms with van der Waals surface area (Å²) in [5, 5.41) is 7.92. The highest BCUT2D eigenvalue weighted by Gasteiger charge is 2.13. The van der Waals surface area contributed by atoms with E-state index in [1.807, 2.05) is 24.3 Å². The molecular weight excluding hydrogens is 364 g/mol. The van der Waals surface area contributed by atoms with Gasteiger partial charge in [0.15, 0.2) is 0 Å². The second kappa shape index (κ2) is 5.85. The first-order valence-corrected chi connectivity index (χ1v) is 9.68. The highest BCUT2D eigenvalue weighted by molar-refractivity contribution is 6.32. The summed E-state index contributed by atoms with van der Waals surface area (Å²) >= 11 is 6.28. The molecule has 0 aliphatic heterocycles.